The van der Waals surface area contributed by atoms with E-state index in [2.05, 4.69) is 10.9 Å². The van der Waals surface area contributed by atoms with Crippen molar-refractivity contribution in [1.82, 2.24) is 4.98 Å². The summed E-state index contributed by atoms with van der Waals surface area (Å²) in [5, 5.41) is 11.0. The molecule has 1 atom stereocenters. The Morgan fingerprint density at radius 3 is 2.93 bits per heavy atom. The van der Waals surface area contributed by atoms with Gasteiger partial charge in [-0.25, -0.2) is 0 Å². The molecule has 1 aromatic heterocycles. The van der Waals surface area contributed by atoms with Crippen molar-refractivity contribution < 1.29 is 5.11 Å². The average molecular weight is 218 g/mol. The van der Waals surface area contributed by atoms with Crippen molar-refractivity contribution in [2.75, 3.05) is 0 Å². The average Bonchev–Trinajstić information content (AvgIpc) is 2.29. The summed E-state index contributed by atoms with van der Waals surface area (Å²) in [6.07, 6.45) is 5.87. The molecule has 0 spiro atoms. The summed E-state index contributed by atoms with van der Waals surface area (Å²) < 4.78 is 0. The van der Waals surface area contributed by atoms with E-state index in [9.17, 15) is 5.11 Å². The van der Waals surface area contributed by atoms with Gasteiger partial charge in [0.05, 0.1) is 5.52 Å². The van der Waals surface area contributed by atoms with Crippen LogP contribution in [0.25, 0.3) is 10.9 Å². The van der Waals surface area contributed by atoms with E-state index < -0.39 is 6.10 Å². The maximum Gasteiger partial charge on any atom is 0.142 e. The van der Waals surface area contributed by atoms with E-state index in [1.165, 1.54) is 0 Å². The summed E-state index contributed by atoms with van der Waals surface area (Å²) in [6.45, 7) is 0. The molecule has 2 nitrogen and oxygen atoms in total. The number of benzene rings is 1. The lowest BCUT2D eigenvalue weighted by molar-refractivity contribution is 0.240. The number of aromatic nitrogens is 1. The summed E-state index contributed by atoms with van der Waals surface area (Å²) in [5.41, 5.74) is 1.26. The van der Waals surface area contributed by atoms with E-state index in [1.54, 1.807) is 24.4 Å². The number of rotatable bonds is 1. The lowest BCUT2D eigenvalue weighted by atomic mass is 10.1. The lowest BCUT2D eigenvalue weighted by Gasteiger charge is -2.08. The van der Waals surface area contributed by atoms with Gasteiger partial charge in [0.15, 0.2) is 0 Å². The molecule has 15 heavy (non-hydrogen) atoms. The third-order valence-electron chi connectivity index (χ3n) is 2.20. The number of pyridine rings is 1. The van der Waals surface area contributed by atoms with Gasteiger partial charge in [-0.2, -0.15) is 0 Å². The number of nitrogens with zero attached hydrogens (tertiary/aromatic N) is 1. The Kier molecular flexibility index (Phi) is 2.59. The van der Waals surface area contributed by atoms with Gasteiger partial charge in [0, 0.05) is 22.2 Å². The molecule has 74 valence electrons. The summed E-state index contributed by atoms with van der Waals surface area (Å²) in [6, 6.07) is 7.04. The van der Waals surface area contributed by atoms with E-state index in [4.69, 9.17) is 18.0 Å². The SMILES string of the molecule is C#CC(O)c1ccc(Cl)c2cccnc12. The smallest absolute Gasteiger partial charge is 0.142 e. The second-order valence-corrected chi connectivity index (χ2v) is 3.51. The number of halogens is 1. The summed E-state index contributed by atoms with van der Waals surface area (Å²) in [7, 11) is 0. The quantitative estimate of drug-likeness (QED) is 0.745. The van der Waals surface area contributed by atoms with Crippen LogP contribution in [-0.4, -0.2) is 10.1 Å². The Labute approximate surface area is 92.5 Å². The van der Waals surface area contributed by atoms with Gasteiger partial charge in [0.1, 0.15) is 6.10 Å². The molecule has 1 unspecified atom stereocenters. The molecule has 0 aliphatic rings. The van der Waals surface area contributed by atoms with E-state index in [-0.39, 0.29) is 0 Å². The number of aliphatic hydroxyl groups excluding tert-OH is 1. The molecule has 0 bridgehead atoms. The predicted octanol–water partition coefficient (Wildman–Crippen LogP) is 2.55. The van der Waals surface area contributed by atoms with Crippen LogP contribution in [0.3, 0.4) is 0 Å². The normalized spacial score (nSPS) is 12.3. The van der Waals surface area contributed by atoms with Crippen LogP contribution < -0.4 is 0 Å². The molecule has 1 N–H and O–H groups in total. The molecule has 0 aliphatic carbocycles. The number of hydrogen-bond acceptors (Lipinski definition) is 2. The minimum atomic E-state index is -0.945. The second kappa shape index (κ2) is 3.90. The highest BCUT2D eigenvalue weighted by Crippen LogP contribution is 2.27. The van der Waals surface area contributed by atoms with Crippen molar-refractivity contribution in [2.24, 2.45) is 0 Å². The molecule has 2 aromatic rings. The van der Waals surface area contributed by atoms with Crippen LogP contribution in [0.1, 0.15) is 11.7 Å². The first-order valence-corrected chi connectivity index (χ1v) is 4.79. The number of fused-ring (bicyclic) bond motifs is 1. The first-order valence-electron chi connectivity index (χ1n) is 4.41. The van der Waals surface area contributed by atoms with Crippen molar-refractivity contribution >= 4 is 22.5 Å². The first-order chi connectivity index (χ1) is 7.24. The van der Waals surface area contributed by atoms with Crippen molar-refractivity contribution in [3.05, 3.63) is 41.0 Å². The maximum absolute atomic E-state index is 9.60. The summed E-state index contributed by atoms with van der Waals surface area (Å²) in [5.74, 6) is 2.27. The molecule has 0 amide bonds. The van der Waals surface area contributed by atoms with Crippen LogP contribution in [0, 0.1) is 12.3 Å². The Morgan fingerprint density at radius 1 is 1.40 bits per heavy atom. The van der Waals surface area contributed by atoms with Crippen LogP contribution in [0.4, 0.5) is 0 Å². The van der Waals surface area contributed by atoms with Crippen LogP contribution >= 0.6 is 11.6 Å². The molecule has 0 saturated heterocycles. The van der Waals surface area contributed by atoms with Gasteiger partial charge in [0.25, 0.3) is 0 Å². The van der Waals surface area contributed by atoms with E-state index in [1.807, 2.05) is 6.07 Å². The summed E-state index contributed by atoms with van der Waals surface area (Å²) >= 11 is 6.00. The monoisotopic (exact) mass is 217 g/mol. The molecule has 2 rings (SSSR count). The van der Waals surface area contributed by atoms with Gasteiger partial charge in [-0.3, -0.25) is 4.98 Å². The van der Waals surface area contributed by atoms with Gasteiger partial charge in [-0.05, 0) is 18.2 Å². The molecular formula is C12H8ClNO. The second-order valence-electron chi connectivity index (χ2n) is 3.11. The maximum atomic E-state index is 9.60. The fraction of sp³-hybridized carbons (Fsp3) is 0.0833. The van der Waals surface area contributed by atoms with E-state index in [0.717, 1.165) is 5.39 Å². The van der Waals surface area contributed by atoms with Crippen LogP contribution in [0.2, 0.25) is 5.02 Å². The van der Waals surface area contributed by atoms with Crippen molar-refractivity contribution in [2.45, 2.75) is 6.10 Å². The molecule has 3 heteroatoms. The van der Waals surface area contributed by atoms with Crippen LogP contribution in [-0.2, 0) is 0 Å². The standard InChI is InChI=1S/C12H8ClNO/c1-2-11(15)9-5-6-10(13)8-4-3-7-14-12(8)9/h1,3-7,11,15H. The first kappa shape index (κ1) is 9.97. The highest BCUT2D eigenvalue weighted by Gasteiger charge is 2.10. The molecular weight excluding hydrogens is 210 g/mol. The minimum absolute atomic E-state index is 0.603. The van der Waals surface area contributed by atoms with Gasteiger partial charge in [-0.15, -0.1) is 6.42 Å². The third kappa shape index (κ3) is 1.68. The Hall–Kier alpha value is -1.56. The molecule has 1 heterocycles. The zero-order valence-electron chi connectivity index (χ0n) is 7.81. The largest absolute Gasteiger partial charge is 0.376 e. The third-order valence-corrected chi connectivity index (χ3v) is 2.53. The highest BCUT2D eigenvalue weighted by molar-refractivity contribution is 6.35. The van der Waals surface area contributed by atoms with Crippen molar-refractivity contribution in [3.63, 3.8) is 0 Å². The lowest BCUT2D eigenvalue weighted by Crippen LogP contribution is -1.96. The minimum Gasteiger partial charge on any atom is -0.376 e. The molecule has 1 aromatic carbocycles. The Morgan fingerprint density at radius 2 is 2.20 bits per heavy atom. The van der Waals surface area contributed by atoms with E-state index >= 15 is 0 Å². The van der Waals surface area contributed by atoms with Gasteiger partial charge in [0.2, 0.25) is 0 Å². The molecule has 0 aliphatic heterocycles. The van der Waals surface area contributed by atoms with Crippen LogP contribution in [0.15, 0.2) is 30.5 Å². The zero-order chi connectivity index (χ0) is 10.8. The predicted molar refractivity (Wildman–Crippen MR) is 60.5 cm³/mol. The fourth-order valence-electron chi connectivity index (χ4n) is 1.47. The van der Waals surface area contributed by atoms with Crippen LogP contribution in [0.5, 0.6) is 0 Å². The van der Waals surface area contributed by atoms with Gasteiger partial charge in [-0.1, -0.05) is 23.6 Å². The molecule has 0 fully saturated rings. The zero-order valence-corrected chi connectivity index (χ0v) is 8.57. The topological polar surface area (TPSA) is 33.1 Å². The van der Waals surface area contributed by atoms with Gasteiger partial charge < -0.3 is 5.11 Å². The highest BCUT2D eigenvalue weighted by atomic mass is 35.5. The molecule has 0 radical (unpaired) electrons. The van der Waals surface area contributed by atoms with Gasteiger partial charge >= 0.3 is 0 Å². The van der Waals surface area contributed by atoms with Crippen molar-refractivity contribution in [1.29, 1.82) is 0 Å². The summed E-state index contributed by atoms with van der Waals surface area (Å²) in [4.78, 5) is 4.17. The fourth-order valence-corrected chi connectivity index (χ4v) is 1.69. The number of hydrogen-bond donors (Lipinski definition) is 1. The van der Waals surface area contributed by atoms with Crippen molar-refractivity contribution in [3.8, 4) is 12.3 Å². The molecule has 0 saturated carbocycles. The number of terminal acetylenes is 1. The van der Waals surface area contributed by atoms with E-state index in [0.29, 0.717) is 16.1 Å². The Balaban J connectivity index is 2.78. The Bertz CT molecular complexity index is 545. The number of aliphatic hydroxyl groups is 1.